The zero-order chi connectivity index (χ0) is 15.1. The van der Waals surface area contributed by atoms with Crippen LogP contribution in [0.3, 0.4) is 0 Å². The van der Waals surface area contributed by atoms with Gasteiger partial charge in [0.15, 0.2) is 0 Å². The van der Waals surface area contributed by atoms with Crippen LogP contribution in [0.2, 0.25) is 0 Å². The predicted octanol–water partition coefficient (Wildman–Crippen LogP) is 2.76. The van der Waals surface area contributed by atoms with E-state index in [1.165, 1.54) is 0 Å². The van der Waals surface area contributed by atoms with Crippen LogP contribution in [0, 0.1) is 19.8 Å². The summed E-state index contributed by atoms with van der Waals surface area (Å²) in [6.07, 6.45) is 0.936. The number of benzene rings is 1. The lowest BCUT2D eigenvalue weighted by Crippen LogP contribution is -2.34. The summed E-state index contributed by atoms with van der Waals surface area (Å²) in [7, 11) is -1.56. The summed E-state index contributed by atoms with van der Waals surface area (Å²) < 4.78 is 27.5. The van der Waals surface area contributed by atoms with Crippen LogP contribution < -0.4 is 5.32 Å². The van der Waals surface area contributed by atoms with Crippen LogP contribution in [0.1, 0.15) is 31.4 Å². The number of hydrogen-bond acceptors (Lipinski definition) is 3. The maximum atomic E-state index is 12.9. The number of hydrogen-bond donors (Lipinski definition) is 1. The predicted molar refractivity (Wildman–Crippen MR) is 82.6 cm³/mol. The lowest BCUT2D eigenvalue weighted by molar-refractivity contribution is 0.405. The van der Waals surface area contributed by atoms with E-state index < -0.39 is 10.0 Å². The Balaban J connectivity index is 2.50. The molecule has 4 nitrogen and oxygen atoms in total. The SMILES string of the molecule is CNc1cc(C)c(S(=O)(=O)N2CC(C)CC2C)c(C)c1. The number of anilines is 1. The average Bonchev–Trinajstić information content (AvgIpc) is 2.67. The number of sulfonamides is 1. The quantitative estimate of drug-likeness (QED) is 0.933. The first-order chi connectivity index (χ1) is 9.27. The molecular weight excluding hydrogens is 272 g/mol. The summed E-state index contributed by atoms with van der Waals surface area (Å²) in [4.78, 5) is 0.470. The van der Waals surface area contributed by atoms with Crippen LogP contribution in [-0.4, -0.2) is 32.4 Å². The molecule has 1 N–H and O–H groups in total. The average molecular weight is 296 g/mol. The van der Waals surface area contributed by atoms with Crippen molar-refractivity contribution < 1.29 is 8.42 Å². The van der Waals surface area contributed by atoms with Crippen LogP contribution in [0.5, 0.6) is 0 Å². The van der Waals surface area contributed by atoms with Crippen molar-refractivity contribution in [2.45, 2.75) is 45.1 Å². The molecule has 1 fully saturated rings. The minimum Gasteiger partial charge on any atom is -0.388 e. The monoisotopic (exact) mass is 296 g/mol. The summed E-state index contributed by atoms with van der Waals surface area (Å²) in [6.45, 7) is 8.45. The number of nitrogens with zero attached hydrogens (tertiary/aromatic N) is 1. The molecule has 0 spiro atoms. The zero-order valence-electron chi connectivity index (χ0n) is 12.9. The molecule has 1 heterocycles. The second-order valence-electron chi connectivity index (χ2n) is 5.95. The maximum Gasteiger partial charge on any atom is 0.243 e. The first kappa shape index (κ1) is 15.3. The standard InChI is InChI=1S/C15H24N2O2S/c1-10-6-13(4)17(9-10)20(18,19)15-11(2)7-14(16-5)8-12(15)3/h7-8,10,13,16H,6,9H2,1-5H3. The first-order valence-electron chi connectivity index (χ1n) is 7.08. The van der Waals surface area contributed by atoms with E-state index in [4.69, 9.17) is 0 Å². The van der Waals surface area contributed by atoms with Gasteiger partial charge in [0, 0.05) is 25.3 Å². The Bertz CT molecular complexity index is 587. The third-order valence-corrected chi connectivity index (χ3v) is 6.33. The molecule has 1 aliphatic rings. The Labute approximate surface area is 122 Å². The minimum atomic E-state index is -3.40. The molecule has 2 atom stereocenters. The molecule has 1 aliphatic heterocycles. The van der Waals surface area contributed by atoms with Gasteiger partial charge in [0.05, 0.1) is 4.90 Å². The van der Waals surface area contributed by atoms with Crippen LogP contribution in [0.25, 0.3) is 0 Å². The van der Waals surface area contributed by atoms with E-state index in [9.17, 15) is 8.42 Å². The molecule has 2 rings (SSSR count). The van der Waals surface area contributed by atoms with Crippen molar-refractivity contribution in [3.63, 3.8) is 0 Å². The Morgan fingerprint density at radius 3 is 2.15 bits per heavy atom. The maximum absolute atomic E-state index is 12.9. The van der Waals surface area contributed by atoms with Gasteiger partial charge in [0.2, 0.25) is 10.0 Å². The van der Waals surface area contributed by atoms with Crippen molar-refractivity contribution in [2.24, 2.45) is 5.92 Å². The third kappa shape index (κ3) is 2.56. The van der Waals surface area contributed by atoms with Gasteiger partial charge in [-0.2, -0.15) is 4.31 Å². The molecular formula is C15H24N2O2S. The van der Waals surface area contributed by atoms with Crippen LogP contribution in [0.4, 0.5) is 5.69 Å². The highest BCUT2D eigenvalue weighted by molar-refractivity contribution is 7.89. The Kier molecular flexibility index (Phi) is 4.12. The highest BCUT2D eigenvalue weighted by Crippen LogP contribution is 2.33. The third-order valence-electron chi connectivity index (χ3n) is 4.04. The minimum absolute atomic E-state index is 0.0813. The fraction of sp³-hybridized carbons (Fsp3) is 0.600. The van der Waals surface area contributed by atoms with E-state index in [1.807, 2.05) is 40.0 Å². The molecule has 0 amide bonds. The van der Waals surface area contributed by atoms with E-state index in [0.29, 0.717) is 17.4 Å². The van der Waals surface area contributed by atoms with Crippen LogP contribution in [-0.2, 0) is 10.0 Å². The number of nitrogens with one attached hydrogen (secondary N) is 1. The lowest BCUT2D eigenvalue weighted by Gasteiger charge is -2.23. The van der Waals surface area contributed by atoms with E-state index in [2.05, 4.69) is 12.2 Å². The Morgan fingerprint density at radius 1 is 1.20 bits per heavy atom. The van der Waals surface area contributed by atoms with Gasteiger partial charge in [-0.15, -0.1) is 0 Å². The van der Waals surface area contributed by atoms with Crippen molar-refractivity contribution in [1.29, 1.82) is 0 Å². The summed E-state index contributed by atoms with van der Waals surface area (Å²) in [5.74, 6) is 0.428. The van der Waals surface area contributed by atoms with Crippen LogP contribution >= 0.6 is 0 Å². The van der Waals surface area contributed by atoms with Crippen molar-refractivity contribution in [3.05, 3.63) is 23.3 Å². The second-order valence-corrected chi connectivity index (χ2v) is 7.78. The molecule has 0 saturated carbocycles. The topological polar surface area (TPSA) is 49.4 Å². The normalized spacial score (nSPS) is 24.1. The summed E-state index contributed by atoms with van der Waals surface area (Å²) >= 11 is 0. The fourth-order valence-electron chi connectivity index (χ4n) is 3.22. The molecule has 1 saturated heterocycles. The fourth-order valence-corrected chi connectivity index (χ4v) is 5.39. The van der Waals surface area contributed by atoms with Gasteiger partial charge in [0.25, 0.3) is 0 Å². The molecule has 20 heavy (non-hydrogen) atoms. The van der Waals surface area contributed by atoms with Crippen LogP contribution in [0.15, 0.2) is 17.0 Å². The Hall–Kier alpha value is -1.07. The molecule has 5 heteroatoms. The molecule has 1 aromatic carbocycles. The molecule has 0 bridgehead atoms. The van der Waals surface area contributed by atoms with Crippen molar-refractivity contribution >= 4 is 15.7 Å². The summed E-state index contributed by atoms with van der Waals surface area (Å²) in [5.41, 5.74) is 2.56. The van der Waals surface area contributed by atoms with Gasteiger partial charge in [0.1, 0.15) is 0 Å². The molecule has 2 unspecified atom stereocenters. The Morgan fingerprint density at radius 2 is 1.75 bits per heavy atom. The van der Waals surface area contributed by atoms with E-state index in [-0.39, 0.29) is 6.04 Å². The highest BCUT2D eigenvalue weighted by Gasteiger charge is 2.37. The first-order valence-corrected chi connectivity index (χ1v) is 8.52. The second kappa shape index (κ2) is 5.37. The molecule has 0 radical (unpaired) electrons. The summed E-state index contributed by atoms with van der Waals surface area (Å²) in [6, 6.07) is 3.87. The molecule has 112 valence electrons. The number of aryl methyl sites for hydroxylation is 2. The van der Waals surface area contributed by atoms with Crippen molar-refractivity contribution in [3.8, 4) is 0 Å². The van der Waals surface area contributed by atoms with Gasteiger partial charge >= 0.3 is 0 Å². The van der Waals surface area contributed by atoms with Gasteiger partial charge in [-0.1, -0.05) is 6.92 Å². The van der Waals surface area contributed by atoms with Gasteiger partial charge in [-0.25, -0.2) is 8.42 Å². The van der Waals surface area contributed by atoms with Gasteiger partial charge < -0.3 is 5.32 Å². The van der Waals surface area contributed by atoms with Gasteiger partial charge in [-0.3, -0.25) is 0 Å². The zero-order valence-corrected chi connectivity index (χ0v) is 13.7. The number of rotatable bonds is 3. The largest absolute Gasteiger partial charge is 0.388 e. The van der Waals surface area contributed by atoms with Crippen molar-refractivity contribution in [2.75, 3.05) is 18.9 Å². The summed E-state index contributed by atoms with van der Waals surface area (Å²) in [5, 5.41) is 3.06. The van der Waals surface area contributed by atoms with E-state index in [0.717, 1.165) is 23.2 Å². The lowest BCUT2D eigenvalue weighted by atomic mass is 10.1. The van der Waals surface area contributed by atoms with Crippen molar-refractivity contribution in [1.82, 2.24) is 4.31 Å². The highest BCUT2D eigenvalue weighted by atomic mass is 32.2. The molecule has 1 aromatic rings. The molecule has 0 aliphatic carbocycles. The van der Waals surface area contributed by atoms with Gasteiger partial charge in [-0.05, 0) is 56.4 Å². The van der Waals surface area contributed by atoms with E-state index >= 15 is 0 Å². The molecule has 0 aromatic heterocycles. The smallest absolute Gasteiger partial charge is 0.243 e. The van der Waals surface area contributed by atoms with E-state index in [1.54, 1.807) is 4.31 Å².